The Morgan fingerprint density at radius 2 is 1.62 bits per heavy atom. The Bertz CT molecular complexity index is 1060. The zero-order valence-corrected chi connectivity index (χ0v) is 17.7. The van der Waals surface area contributed by atoms with Crippen LogP contribution in [0.4, 0.5) is 11.4 Å². The summed E-state index contributed by atoms with van der Waals surface area (Å²) < 4.78 is 0. The minimum atomic E-state index is -0.415. The second kappa shape index (κ2) is 6.93. The van der Waals surface area contributed by atoms with Crippen LogP contribution in [0.15, 0.2) is 72.8 Å². The molecule has 1 aliphatic rings. The number of carbonyl (C=O) groups excluding carboxylic acids is 1. The van der Waals surface area contributed by atoms with E-state index in [1.807, 2.05) is 23.1 Å². The molecule has 3 aromatic rings. The summed E-state index contributed by atoms with van der Waals surface area (Å²) in [6.07, 6.45) is 0.792. The maximum atomic E-state index is 13.6. The molecule has 1 atom stereocenters. The monoisotopic (exact) mass is 404 g/mol. The minimum Gasteiger partial charge on any atom is -0.399 e. The molecule has 0 radical (unpaired) electrons. The van der Waals surface area contributed by atoms with E-state index < -0.39 is 5.54 Å². The van der Waals surface area contributed by atoms with Crippen molar-refractivity contribution in [3.8, 4) is 0 Å². The van der Waals surface area contributed by atoms with Crippen molar-refractivity contribution in [1.29, 1.82) is 0 Å². The van der Waals surface area contributed by atoms with E-state index in [9.17, 15) is 4.79 Å². The summed E-state index contributed by atoms with van der Waals surface area (Å²) in [5.41, 5.74) is 9.98. The van der Waals surface area contributed by atoms with Crippen molar-refractivity contribution in [1.82, 2.24) is 0 Å². The molecule has 0 unspecified atom stereocenters. The summed E-state index contributed by atoms with van der Waals surface area (Å²) in [5, 5.41) is 0.612. The lowest BCUT2D eigenvalue weighted by Crippen LogP contribution is -2.55. The van der Waals surface area contributed by atoms with Gasteiger partial charge < -0.3 is 10.6 Å². The van der Waals surface area contributed by atoms with Gasteiger partial charge in [-0.3, -0.25) is 4.79 Å². The molecule has 2 N–H and O–H groups in total. The Hall–Kier alpha value is -2.78. The van der Waals surface area contributed by atoms with Crippen LogP contribution in [0, 0.1) is 0 Å². The molecule has 0 aromatic heterocycles. The fourth-order valence-corrected chi connectivity index (χ4v) is 4.86. The van der Waals surface area contributed by atoms with Crippen LogP contribution >= 0.6 is 11.6 Å². The van der Waals surface area contributed by atoms with Gasteiger partial charge >= 0.3 is 0 Å². The first-order valence-electron chi connectivity index (χ1n) is 9.78. The predicted molar refractivity (Wildman–Crippen MR) is 121 cm³/mol. The molecule has 3 aromatic carbocycles. The van der Waals surface area contributed by atoms with Gasteiger partial charge in [-0.15, -0.1) is 0 Å². The lowest BCUT2D eigenvalue weighted by atomic mass is 9.65. The summed E-state index contributed by atoms with van der Waals surface area (Å²) in [6, 6.07) is 23.4. The van der Waals surface area contributed by atoms with E-state index in [1.165, 1.54) is 5.56 Å². The lowest BCUT2D eigenvalue weighted by Gasteiger charge is -2.51. The molecule has 0 fully saturated rings. The number of carbonyl (C=O) groups is 1. The lowest BCUT2D eigenvalue weighted by molar-refractivity contribution is 0.0949. The fourth-order valence-electron chi connectivity index (χ4n) is 4.74. The van der Waals surface area contributed by atoms with Gasteiger partial charge in [0.15, 0.2) is 0 Å². The van der Waals surface area contributed by atoms with Crippen molar-refractivity contribution in [3.05, 3.63) is 94.5 Å². The van der Waals surface area contributed by atoms with Crippen LogP contribution in [0.5, 0.6) is 0 Å². The largest absolute Gasteiger partial charge is 0.399 e. The van der Waals surface area contributed by atoms with Gasteiger partial charge in [-0.2, -0.15) is 0 Å². The van der Waals surface area contributed by atoms with E-state index in [0.29, 0.717) is 16.3 Å². The zero-order chi connectivity index (χ0) is 20.8. The Morgan fingerprint density at radius 1 is 0.966 bits per heavy atom. The van der Waals surface area contributed by atoms with Crippen LogP contribution in [0.1, 0.15) is 48.7 Å². The molecule has 0 spiro atoms. The Labute approximate surface area is 177 Å². The number of hydrogen-bond donors (Lipinski definition) is 1. The van der Waals surface area contributed by atoms with Crippen LogP contribution in [-0.2, 0) is 5.41 Å². The predicted octanol–water partition coefficient (Wildman–Crippen LogP) is 6.06. The molecule has 29 heavy (non-hydrogen) atoms. The average molecular weight is 405 g/mol. The summed E-state index contributed by atoms with van der Waals surface area (Å²) in [7, 11) is 0. The van der Waals surface area contributed by atoms with Crippen molar-refractivity contribution in [2.45, 2.75) is 38.1 Å². The van der Waals surface area contributed by atoms with E-state index in [4.69, 9.17) is 17.3 Å². The fraction of sp³-hybridized carbons (Fsp3) is 0.240. The summed E-state index contributed by atoms with van der Waals surface area (Å²) in [5.74, 6) is -0.0476. The molecule has 1 aliphatic heterocycles. The van der Waals surface area contributed by atoms with E-state index >= 15 is 0 Å². The van der Waals surface area contributed by atoms with Crippen molar-refractivity contribution in [2.24, 2.45) is 0 Å². The van der Waals surface area contributed by atoms with Gasteiger partial charge in [-0.25, -0.2) is 0 Å². The number of benzene rings is 3. The Balaban J connectivity index is 1.91. The van der Waals surface area contributed by atoms with Crippen LogP contribution in [0.2, 0.25) is 5.02 Å². The highest BCUT2D eigenvalue weighted by Crippen LogP contribution is 2.51. The normalized spacial score (nSPS) is 20.2. The highest BCUT2D eigenvalue weighted by atomic mass is 35.5. The molecule has 4 heteroatoms. The number of nitrogens with zero attached hydrogens (tertiary/aromatic N) is 1. The van der Waals surface area contributed by atoms with E-state index in [0.717, 1.165) is 17.7 Å². The summed E-state index contributed by atoms with van der Waals surface area (Å²) in [6.45, 7) is 6.49. The Morgan fingerprint density at radius 3 is 2.28 bits per heavy atom. The molecule has 1 amide bonds. The first-order chi connectivity index (χ1) is 13.7. The standard InChI is InChI=1S/C25H25ClN2O/c1-24(2)16-25(3,18-7-5-4-6-8-18)21-14-13-20(27)15-22(21)28(24)23(29)17-9-11-19(26)12-10-17/h4-15H,16,27H2,1-3H3/t25-/m1/s1. The minimum absolute atomic E-state index is 0.0476. The zero-order valence-electron chi connectivity index (χ0n) is 16.9. The molecule has 0 saturated heterocycles. The van der Waals surface area contributed by atoms with E-state index in [-0.39, 0.29) is 11.3 Å². The molecule has 0 aliphatic carbocycles. The molecule has 3 nitrogen and oxygen atoms in total. The third kappa shape index (κ3) is 3.30. The molecule has 0 bridgehead atoms. The molecule has 0 saturated carbocycles. The number of amides is 1. The number of nitrogen functional groups attached to an aromatic ring is 1. The van der Waals surface area contributed by atoms with Gasteiger partial charge in [0.1, 0.15) is 0 Å². The quantitative estimate of drug-likeness (QED) is 0.528. The second-order valence-corrected chi connectivity index (χ2v) is 9.05. The van der Waals surface area contributed by atoms with Gasteiger partial charge in [-0.05, 0) is 67.8 Å². The summed E-state index contributed by atoms with van der Waals surface area (Å²) >= 11 is 6.02. The molecular formula is C25H25ClN2O. The van der Waals surface area contributed by atoms with E-state index in [2.05, 4.69) is 51.1 Å². The molecule has 148 valence electrons. The first-order valence-corrected chi connectivity index (χ1v) is 10.2. The number of nitrogens with two attached hydrogens (primary N) is 1. The SMILES string of the molecule is CC1(C)C[C@](C)(c2ccccc2)c2ccc(N)cc2N1C(=O)c1ccc(Cl)cc1. The maximum Gasteiger partial charge on any atom is 0.258 e. The van der Waals surface area contributed by atoms with Crippen LogP contribution < -0.4 is 10.6 Å². The average Bonchev–Trinajstić information content (AvgIpc) is 2.68. The van der Waals surface area contributed by atoms with Gasteiger partial charge in [0.05, 0.1) is 5.69 Å². The Kier molecular flexibility index (Phi) is 4.66. The first kappa shape index (κ1) is 19.5. The maximum absolute atomic E-state index is 13.6. The van der Waals surface area contributed by atoms with Crippen molar-refractivity contribution >= 4 is 28.9 Å². The number of rotatable bonds is 2. The number of anilines is 2. The van der Waals surface area contributed by atoms with Gasteiger partial charge in [0, 0.05) is 27.2 Å². The molecule has 1 heterocycles. The molecule has 4 rings (SSSR count). The molecular weight excluding hydrogens is 380 g/mol. The number of fused-ring (bicyclic) bond motifs is 1. The van der Waals surface area contributed by atoms with Crippen molar-refractivity contribution in [2.75, 3.05) is 10.6 Å². The third-order valence-electron chi connectivity index (χ3n) is 5.95. The van der Waals surface area contributed by atoms with Gasteiger partial charge in [-0.1, -0.05) is 54.9 Å². The highest BCUT2D eigenvalue weighted by Gasteiger charge is 2.47. The van der Waals surface area contributed by atoms with E-state index in [1.54, 1.807) is 24.3 Å². The van der Waals surface area contributed by atoms with Crippen LogP contribution in [0.3, 0.4) is 0 Å². The number of halogens is 1. The van der Waals surface area contributed by atoms with Gasteiger partial charge in [0.25, 0.3) is 5.91 Å². The second-order valence-electron chi connectivity index (χ2n) is 8.61. The topological polar surface area (TPSA) is 46.3 Å². The summed E-state index contributed by atoms with van der Waals surface area (Å²) in [4.78, 5) is 15.5. The van der Waals surface area contributed by atoms with Crippen molar-refractivity contribution < 1.29 is 4.79 Å². The van der Waals surface area contributed by atoms with Gasteiger partial charge in [0.2, 0.25) is 0 Å². The van der Waals surface area contributed by atoms with Crippen LogP contribution in [-0.4, -0.2) is 11.4 Å². The highest BCUT2D eigenvalue weighted by molar-refractivity contribution is 6.30. The third-order valence-corrected chi connectivity index (χ3v) is 6.21. The number of hydrogen-bond acceptors (Lipinski definition) is 2. The van der Waals surface area contributed by atoms with Crippen LogP contribution in [0.25, 0.3) is 0 Å². The smallest absolute Gasteiger partial charge is 0.258 e. The van der Waals surface area contributed by atoms with Crippen molar-refractivity contribution in [3.63, 3.8) is 0 Å².